The van der Waals surface area contributed by atoms with E-state index in [1.54, 1.807) is 29.2 Å². The number of anilines is 1. The van der Waals surface area contributed by atoms with Crippen molar-refractivity contribution in [1.82, 2.24) is 5.32 Å². The third kappa shape index (κ3) is 3.96. The molecule has 1 aliphatic heterocycles. The summed E-state index contributed by atoms with van der Waals surface area (Å²) in [5.41, 5.74) is 0.521. The molecule has 2 aromatic carbocycles. The van der Waals surface area contributed by atoms with Crippen molar-refractivity contribution in [2.45, 2.75) is 6.42 Å². The molecule has 3 rings (SSSR count). The van der Waals surface area contributed by atoms with E-state index in [1.807, 2.05) is 0 Å². The molecule has 130 valence electrons. The molecule has 2 aromatic rings. The van der Waals surface area contributed by atoms with Crippen molar-refractivity contribution in [3.8, 4) is 0 Å². The van der Waals surface area contributed by atoms with Gasteiger partial charge in [-0.05, 0) is 36.4 Å². The molecule has 0 radical (unpaired) electrons. The lowest BCUT2D eigenvalue weighted by Crippen LogP contribution is -2.31. The molecular weight excluding hydrogens is 350 g/mol. The second kappa shape index (κ2) is 7.19. The van der Waals surface area contributed by atoms with E-state index in [9.17, 15) is 18.4 Å². The minimum Gasteiger partial charge on any atom is -0.352 e. The molecule has 1 aliphatic rings. The SMILES string of the molecule is O=C(NCC1CC(=O)N(c2ccc(Cl)cc2)C1)c1ccc(F)cc1F. The Kier molecular flexibility index (Phi) is 4.99. The number of hydrogen-bond donors (Lipinski definition) is 1. The van der Waals surface area contributed by atoms with Gasteiger partial charge in [-0.1, -0.05) is 11.6 Å². The largest absolute Gasteiger partial charge is 0.352 e. The van der Waals surface area contributed by atoms with Crippen molar-refractivity contribution < 1.29 is 18.4 Å². The molecule has 0 aromatic heterocycles. The molecule has 4 nitrogen and oxygen atoms in total. The van der Waals surface area contributed by atoms with Gasteiger partial charge in [0.1, 0.15) is 11.6 Å². The summed E-state index contributed by atoms with van der Waals surface area (Å²) in [4.78, 5) is 25.8. The Morgan fingerprint density at radius 1 is 1.20 bits per heavy atom. The van der Waals surface area contributed by atoms with Crippen LogP contribution in [-0.4, -0.2) is 24.9 Å². The third-order valence-corrected chi connectivity index (χ3v) is 4.32. The summed E-state index contributed by atoms with van der Waals surface area (Å²) in [7, 11) is 0. The van der Waals surface area contributed by atoms with Gasteiger partial charge in [0.25, 0.3) is 5.91 Å². The summed E-state index contributed by atoms with van der Waals surface area (Å²) < 4.78 is 26.5. The topological polar surface area (TPSA) is 49.4 Å². The molecular formula is C18H15ClF2N2O2. The van der Waals surface area contributed by atoms with Gasteiger partial charge in [-0.3, -0.25) is 9.59 Å². The van der Waals surface area contributed by atoms with E-state index in [2.05, 4.69) is 5.32 Å². The molecule has 1 fully saturated rings. The van der Waals surface area contributed by atoms with Crippen LogP contribution in [0.3, 0.4) is 0 Å². The van der Waals surface area contributed by atoms with Crippen LogP contribution in [-0.2, 0) is 4.79 Å². The van der Waals surface area contributed by atoms with Crippen molar-refractivity contribution >= 4 is 29.1 Å². The first kappa shape index (κ1) is 17.4. The van der Waals surface area contributed by atoms with Gasteiger partial charge in [-0.2, -0.15) is 0 Å². The number of halogens is 3. The molecule has 1 N–H and O–H groups in total. The molecule has 0 saturated carbocycles. The highest BCUT2D eigenvalue weighted by atomic mass is 35.5. The summed E-state index contributed by atoms with van der Waals surface area (Å²) in [6.45, 7) is 0.679. The van der Waals surface area contributed by atoms with Crippen molar-refractivity contribution in [3.63, 3.8) is 0 Å². The van der Waals surface area contributed by atoms with Gasteiger partial charge in [-0.15, -0.1) is 0 Å². The van der Waals surface area contributed by atoms with Crippen LogP contribution in [0.5, 0.6) is 0 Å². The number of hydrogen-bond acceptors (Lipinski definition) is 2. The first-order chi connectivity index (χ1) is 11.9. The fraction of sp³-hybridized carbons (Fsp3) is 0.222. The van der Waals surface area contributed by atoms with E-state index < -0.39 is 17.5 Å². The number of amides is 2. The third-order valence-electron chi connectivity index (χ3n) is 4.07. The highest BCUT2D eigenvalue weighted by Gasteiger charge is 2.30. The van der Waals surface area contributed by atoms with Crippen molar-refractivity contribution in [2.24, 2.45) is 5.92 Å². The van der Waals surface area contributed by atoms with Crippen molar-refractivity contribution in [2.75, 3.05) is 18.0 Å². The van der Waals surface area contributed by atoms with E-state index in [1.165, 1.54) is 0 Å². The highest BCUT2D eigenvalue weighted by molar-refractivity contribution is 6.30. The number of carbonyl (C=O) groups excluding carboxylic acids is 2. The Labute approximate surface area is 148 Å². The first-order valence-electron chi connectivity index (χ1n) is 7.73. The average molecular weight is 365 g/mol. The summed E-state index contributed by atoms with van der Waals surface area (Å²) in [5.74, 6) is -2.42. The van der Waals surface area contributed by atoms with E-state index in [0.717, 1.165) is 17.8 Å². The monoisotopic (exact) mass is 364 g/mol. The Morgan fingerprint density at radius 3 is 2.60 bits per heavy atom. The van der Waals surface area contributed by atoms with E-state index in [-0.39, 0.29) is 30.4 Å². The minimum absolute atomic E-state index is 0.0467. The van der Waals surface area contributed by atoms with Crippen LogP contribution >= 0.6 is 11.6 Å². The van der Waals surface area contributed by atoms with Gasteiger partial charge < -0.3 is 10.2 Å². The second-order valence-corrected chi connectivity index (χ2v) is 6.32. The molecule has 2 amide bonds. The van der Waals surface area contributed by atoms with Crippen LogP contribution in [0, 0.1) is 17.6 Å². The predicted octanol–water partition coefficient (Wildman–Crippen LogP) is 3.40. The second-order valence-electron chi connectivity index (χ2n) is 5.89. The van der Waals surface area contributed by atoms with Crippen LogP contribution < -0.4 is 10.2 Å². The molecule has 0 aliphatic carbocycles. The lowest BCUT2D eigenvalue weighted by molar-refractivity contribution is -0.117. The van der Waals surface area contributed by atoms with Crippen LogP contribution in [0.4, 0.5) is 14.5 Å². The zero-order chi connectivity index (χ0) is 18.0. The zero-order valence-corrected chi connectivity index (χ0v) is 13.9. The Balaban J connectivity index is 1.60. The maximum Gasteiger partial charge on any atom is 0.254 e. The molecule has 1 heterocycles. The van der Waals surface area contributed by atoms with Gasteiger partial charge in [0.15, 0.2) is 0 Å². The fourth-order valence-corrected chi connectivity index (χ4v) is 2.92. The molecule has 1 saturated heterocycles. The zero-order valence-electron chi connectivity index (χ0n) is 13.1. The lowest BCUT2D eigenvalue weighted by atomic mass is 10.1. The Morgan fingerprint density at radius 2 is 1.92 bits per heavy atom. The van der Waals surface area contributed by atoms with Crippen LogP contribution in [0.25, 0.3) is 0 Å². The molecule has 0 spiro atoms. The van der Waals surface area contributed by atoms with E-state index >= 15 is 0 Å². The van der Waals surface area contributed by atoms with E-state index in [4.69, 9.17) is 11.6 Å². The Bertz CT molecular complexity index is 811. The lowest BCUT2D eigenvalue weighted by Gasteiger charge is -2.17. The van der Waals surface area contributed by atoms with Gasteiger partial charge >= 0.3 is 0 Å². The first-order valence-corrected chi connectivity index (χ1v) is 8.11. The maximum absolute atomic E-state index is 13.6. The minimum atomic E-state index is -0.914. The molecule has 1 unspecified atom stereocenters. The maximum atomic E-state index is 13.6. The molecule has 0 bridgehead atoms. The normalized spacial score (nSPS) is 17.0. The van der Waals surface area contributed by atoms with Crippen LogP contribution in [0.2, 0.25) is 5.02 Å². The average Bonchev–Trinajstić information content (AvgIpc) is 2.94. The number of rotatable bonds is 4. The number of nitrogens with zero attached hydrogens (tertiary/aromatic N) is 1. The Hall–Kier alpha value is -2.47. The standard InChI is InChI=1S/C18H15ClF2N2O2/c19-12-1-4-14(5-2-12)23-10-11(7-17(23)24)9-22-18(25)15-6-3-13(20)8-16(15)21/h1-6,8,11H,7,9-10H2,(H,22,25). The van der Waals surface area contributed by atoms with Crippen LogP contribution in [0.15, 0.2) is 42.5 Å². The fourth-order valence-electron chi connectivity index (χ4n) is 2.79. The van der Waals surface area contributed by atoms with Gasteiger partial charge in [-0.25, -0.2) is 8.78 Å². The van der Waals surface area contributed by atoms with Gasteiger partial charge in [0.2, 0.25) is 5.91 Å². The van der Waals surface area contributed by atoms with Crippen molar-refractivity contribution in [3.05, 3.63) is 64.7 Å². The quantitative estimate of drug-likeness (QED) is 0.904. The number of nitrogens with one attached hydrogen (secondary N) is 1. The molecule has 7 heteroatoms. The summed E-state index contributed by atoms with van der Waals surface area (Å²) >= 11 is 5.84. The van der Waals surface area contributed by atoms with Gasteiger partial charge in [0, 0.05) is 42.2 Å². The summed E-state index contributed by atoms with van der Waals surface area (Å²) in [6, 6.07) is 9.72. The molecule has 25 heavy (non-hydrogen) atoms. The number of benzene rings is 2. The molecule has 1 atom stereocenters. The summed E-state index contributed by atoms with van der Waals surface area (Å²) in [5, 5.41) is 3.19. The smallest absolute Gasteiger partial charge is 0.254 e. The van der Waals surface area contributed by atoms with E-state index in [0.29, 0.717) is 17.6 Å². The predicted molar refractivity (Wildman–Crippen MR) is 90.6 cm³/mol. The summed E-state index contributed by atoms with van der Waals surface area (Å²) in [6.07, 6.45) is 0.287. The number of carbonyl (C=O) groups is 2. The van der Waals surface area contributed by atoms with Crippen LogP contribution in [0.1, 0.15) is 16.8 Å². The highest BCUT2D eigenvalue weighted by Crippen LogP contribution is 2.26. The van der Waals surface area contributed by atoms with Gasteiger partial charge in [0.05, 0.1) is 5.56 Å². The van der Waals surface area contributed by atoms with Crippen molar-refractivity contribution in [1.29, 1.82) is 0 Å².